The molecule has 0 fully saturated rings. The number of imidazole rings is 1. The van der Waals surface area contributed by atoms with E-state index in [1.165, 1.54) is 33.2 Å². The van der Waals surface area contributed by atoms with Gasteiger partial charge in [-0.1, -0.05) is 19.1 Å². The monoisotopic (exact) mass is 562 g/mol. The third-order valence-corrected chi connectivity index (χ3v) is 6.23. The summed E-state index contributed by atoms with van der Waals surface area (Å²) in [5.41, 5.74) is -0.853. The van der Waals surface area contributed by atoms with E-state index in [9.17, 15) is 27.6 Å². The summed E-state index contributed by atoms with van der Waals surface area (Å²) in [6, 6.07) is 4.92. The molecule has 0 atom stereocenters. The summed E-state index contributed by atoms with van der Waals surface area (Å²) < 4.78 is 55.1. The van der Waals surface area contributed by atoms with Gasteiger partial charge in [-0.2, -0.15) is 18.3 Å². The lowest BCUT2D eigenvalue weighted by Gasteiger charge is -2.12. The summed E-state index contributed by atoms with van der Waals surface area (Å²) >= 11 is 0. The van der Waals surface area contributed by atoms with Gasteiger partial charge in [0, 0.05) is 26.4 Å². The van der Waals surface area contributed by atoms with Gasteiger partial charge in [-0.3, -0.25) is 28.0 Å². The molecule has 0 saturated carbocycles. The Balaban J connectivity index is 1.80. The molecule has 0 bridgehead atoms. The highest BCUT2D eigenvalue weighted by Gasteiger charge is 2.30. The molecule has 4 rings (SSSR count). The number of hydrogen-bond acceptors (Lipinski definition) is 7. The lowest BCUT2D eigenvalue weighted by molar-refractivity contribution is -0.148. The normalized spacial score (nSPS) is 11.8. The van der Waals surface area contributed by atoms with Crippen molar-refractivity contribution >= 4 is 17.1 Å². The quantitative estimate of drug-likeness (QED) is 0.258. The van der Waals surface area contributed by atoms with Gasteiger partial charge >= 0.3 is 17.8 Å². The van der Waals surface area contributed by atoms with Gasteiger partial charge in [-0.15, -0.1) is 0 Å². The average Bonchev–Trinajstić information content (AvgIpc) is 3.53. The van der Waals surface area contributed by atoms with Crippen molar-refractivity contribution in [2.75, 3.05) is 13.7 Å². The van der Waals surface area contributed by atoms with Gasteiger partial charge < -0.3 is 9.47 Å². The van der Waals surface area contributed by atoms with Crippen molar-refractivity contribution in [3.8, 4) is 11.4 Å². The molecule has 0 aliphatic rings. The Morgan fingerprint density at radius 3 is 2.55 bits per heavy atom. The van der Waals surface area contributed by atoms with Crippen LogP contribution in [0.1, 0.15) is 37.8 Å². The second-order valence-corrected chi connectivity index (χ2v) is 9.03. The van der Waals surface area contributed by atoms with Crippen LogP contribution in [0.2, 0.25) is 0 Å². The molecule has 0 aliphatic heterocycles. The van der Waals surface area contributed by atoms with Crippen LogP contribution in [0.5, 0.6) is 0 Å². The molecule has 0 spiro atoms. The molecule has 3 aromatic heterocycles. The molecule has 0 N–H and O–H groups in total. The summed E-state index contributed by atoms with van der Waals surface area (Å²) in [4.78, 5) is 43.3. The van der Waals surface area contributed by atoms with Crippen molar-refractivity contribution in [2.24, 2.45) is 0 Å². The highest BCUT2D eigenvalue weighted by molar-refractivity contribution is 5.77. The fraction of sp³-hybridized carbons (Fsp3) is 0.423. The number of aryl methyl sites for hydroxylation is 1. The maximum Gasteiger partial charge on any atom is 0.416 e. The molecule has 14 heteroatoms. The lowest BCUT2D eigenvalue weighted by atomic mass is 10.1. The third kappa shape index (κ3) is 5.86. The number of ether oxygens (including phenoxy) is 2. The van der Waals surface area contributed by atoms with E-state index in [-0.39, 0.29) is 56.4 Å². The number of aromatic nitrogens is 6. The highest BCUT2D eigenvalue weighted by atomic mass is 19.4. The lowest BCUT2D eigenvalue weighted by Crippen LogP contribution is -2.40. The number of hydrogen-bond donors (Lipinski definition) is 0. The maximum atomic E-state index is 13.5. The van der Waals surface area contributed by atoms with Crippen LogP contribution in [0, 0.1) is 0 Å². The molecule has 4 aromatic rings. The summed E-state index contributed by atoms with van der Waals surface area (Å²) in [7, 11) is 1.45. The Morgan fingerprint density at radius 2 is 1.88 bits per heavy atom. The Bertz CT molecular complexity index is 1630. The zero-order chi connectivity index (χ0) is 29.0. The minimum Gasteiger partial charge on any atom is -0.444 e. The molecule has 0 unspecified atom stereocenters. The van der Waals surface area contributed by atoms with Crippen molar-refractivity contribution in [3.63, 3.8) is 0 Å². The number of rotatable bonds is 11. The largest absolute Gasteiger partial charge is 0.444 e. The summed E-state index contributed by atoms with van der Waals surface area (Å²) in [5, 5.41) is 4.26. The standard InChI is InChI=1S/C26H29F3N6O5/c1-4-10-34-24(37)21-23(33(5-2)25(34)38)31-22(35(21)16-40-20(36)9-11-39-3)18-13-30-32(15-18)14-17-7-6-8-19(12-17)26(27,28)29/h6-8,12-13,15H,4-5,9-11,14,16H2,1-3H3. The first-order chi connectivity index (χ1) is 19.1. The molecule has 0 saturated heterocycles. The summed E-state index contributed by atoms with van der Waals surface area (Å²) in [6.45, 7) is 3.84. The van der Waals surface area contributed by atoms with Crippen molar-refractivity contribution in [1.29, 1.82) is 0 Å². The van der Waals surface area contributed by atoms with Crippen LogP contribution >= 0.6 is 0 Å². The number of carbonyl (C=O) groups is 1. The van der Waals surface area contributed by atoms with Crippen LogP contribution < -0.4 is 11.2 Å². The Labute approximate surface area is 226 Å². The average molecular weight is 563 g/mol. The van der Waals surface area contributed by atoms with Gasteiger partial charge in [0.15, 0.2) is 17.9 Å². The predicted octanol–water partition coefficient (Wildman–Crippen LogP) is 3.26. The molecule has 0 aliphatic carbocycles. The van der Waals surface area contributed by atoms with Crippen LogP contribution in [-0.2, 0) is 46.8 Å². The number of alkyl halides is 3. The first-order valence-electron chi connectivity index (χ1n) is 12.7. The van der Waals surface area contributed by atoms with Gasteiger partial charge in [-0.25, -0.2) is 9.78 Å². The van der Waals surface area contributed by atoms with Crippen molar-refractivity contribution < 1.29 is 27.4 Å². The SMILES string of the molecule is CCCn1c(=O)c2c(nc(-c3cnn(Cc4cccc(C(F)(F)F)c4)c3)n2COC(=O)CCOC)n(CC)c1=O. The van der Waals surface area contributed by atoms with E-state index in [1.54, 1.807) is 19.2 Å². The van der Waals surface area contributed by atoms with Crippen LogP contribution in [0.15, 0.2) is 46.2 Å². The fourth-order valence-corrected chi connectivity index (χ4v) is 4.34. The molecule has 1 aromatic carbocycles. The van der Waals surface area contributed by atoms with Crippen LogP contribution in [-0.4, -0.2) is 48.2 Å². The minimum absolute atomic E-state index is 0.00683. The topological polar surface area (TPSA) is 115 Å². The predicted molar refractivity (Wildman–Crippen MR) is 139 cm³/mol. The molecule has 214 valence electrons. The second kappa shape index (κ2) is 11.9. The van der Waals surface area contributed by atoms with Gasteiger partial charge in [0.05, 0.1) is 36.9 Å². The smallest absolute Gasteiger partial charge is 0.416 e. The van der Waals surface area contributed by atoms with Crippen LogP contribution in [0.25, 0.3) is 22.6 Å². The third-order valence-electron chi connectivity index (χ3n) is 6.23. The van der Waals surface area contributed by atoms with E-state index in [2.05, 4.69) is 10.1 Å². The van der Waals surface area contributed by atoms with E-state index >= 15 is 0 Å². The zero-order valence-electron chi connectivity index (χ0n) is 22.3. The van der Waals surface area contributed by atoms with Crippen LogP contribution in [0.3, 0.4) is 0 Å². The highest BCUT2D eigenvalue weighted by Crippen LogP contribution is 2.30. The Kier molecular flexibility index (Phi) is 8.57. The molecule has 0 radical (unpaired) electrons. The van der Waals surface area contributed by atoms with E-state index in [4.69, 9.17) is 9.47 Å². The fourth-order valence-electron chi connectivity index (χ4n) is 4.34. The molecule has 3 heterocycles. The molecular formula is C26H29F3N6O5. The zero-order valence-corrected chi connectivity index (χ0v) is 22.3. The molecule has 0 amide bonds. The van der Waals surface area contributed by atoms with Gasteiger partial charge in [0.2, 0.25) is 0 Å². The van der Waals surface area contributed by atoms with E-state index < -0.39 is 29.0 Å². The molecular weight excluding hydrogens is 533 g/mol. The Morgan fingerprint density at radius 1 is 1.10 bits per heavy atom. The number of halogens is 3. The number of nitrogens with zero attached hydrogens (tertiary/aromatic N) is 6. The first-order valence-corrected chi connectivity index (χ1v) is 12.7. The minimum atomic E-state index is -4.48. The number of esters is 1. The van der Waals surface area contributed by atoms with E-state index in [1.807, 2.05) is 6.92 Å². The number of benzene rings is 1. The van der Waals surface area contributed by atoms with E-state index in [0.717, 1.165) is 16.7 Å². The van der Waals surface area contributed by atoms with Crippen LogP contribution in [0.4, 0.5) is 13.2 Å². The number of methoxy groups -OCH3 is 1. The molecule has 11 nitrogen and oxygen atoms in total. The van der Waals surface area contributed by atoms with Gasteiger partial charge in [-0.05, 0) is 31.0 Å². The molecule has 40 heavy (non-hydrogen) atoms. The first kappa shape index (κ1) is 28.8. The number of fused-ring (bicyclic) bond motifs is 1. The van der Waals surface area contributed by atoms with Crippen molar-refractivity contribution in [2.45, 2.75) is 59.2 Å². The maximum absolute atomic E-state index is 13.5. The van der Waals surface area contributed by atoms with E-state index in [0.29, 0.717) is 17.5 Å². The summed E-state index contributed by atoms with van der Waals surface area (Å²) in [5.74, 6) is -0.356. The van der Waals surface area contributed by atoms with Gasteiger partial charge in [0.1, 0.15) is 5.82 Å². The van der Waals surface area contributed by atoms with Gasteiger partial charge in [0.25, 0.3) is 5.56 Å². The Hall–Kier alpha value is -4.20. The second-order valence-electron chi connectivity index (χ2n) is 9.03. The summed E-state index contributed by atoms with van der Waals surface area (Å²) in [6.07, 6.45) is -0.940. The van der Waals surface area contributed by atoms with Crippen molar-refractivity contribution in [3.05, 3.63) is 68.6 Å². The van der Waals surface area contributed by atoms with Crippen molar-refractivity contribution in [1.82, 2.24) is 28.5 Å². The number of carbonyl (C=O) groups excluding carboxylic acids is 1.